The fourth-order valence-electron chi connectivity index (χ4n) is 2.85. The zero-order valence-corrected chi connectivity index (χ0v) is 16.5. The first-order chi connectivity index (χ1) is 14.2. The molecule has 0 fully saturated rings. The van der Waals surface area contributed by atoms with Crippen LogP contribution in [0.25, 0.3) is 0 Å². The molecule has 1 aliphatic rings. The molecule has 0 aliphatic carbocycles. The molecule has 3 rings (SSSR count). The third-order valence-corrected chi connectivity index (χ3v) is 4.55. The Bertz CT molecular complexity index is 1180. The second-order valence-electron chi connectivity index (χ2n) is 6.12. The summed E-state index contributed by atoms with van der Waals surface area (Å²) in [7, 11) is 1.17. The molecule has 0 saturated carbocycles. The molecular formula is C20H14ClN3O6. The van der Waals surface area contributed by atoms with Crippen molar-refractivity contribution in [1.29, 1.82) is 0 Å². The molecule has 0 aromatic heterocycles. The van der Waals surface area contributed by atoms with Crippen LogP contribution in [0.15, 0.2) is 63.8 Å². The summed E-state index contributed by atoms with van der Waals surface area (Å²) in [6.07, 6.45) is 0. The van der Waals surface area contributed by atoms with Gasteiger partial charge >= 0.3 is 5.97 Å². The lowest BCUT2D eigenvalue weighted by Crippen LogP contribution is -2.16. The molecule has 9 nitrogen and oxygen atoms in total. The van der Waals surface area contributed by atoms with Gasteiger partial charge in [0.25, 0.3) is 11.6 Å². The van der Waals surface area contributed by atoms with Gasteiger partial charge in [0, 0.05) is 22.8 Å². The summed E-state index contributed by atoms with van der Waals surface area (Å²) in [6.45, 7) is 1.31. The Labute approximate surface area is 175 Å². The lowest BCUT2D eigenvalue weighted by Gasteiger charge is -2.07. The van der Waals surface area contributed by atoms with Crippen LogP contribution in [-0.4, -0.2) is 40.6 Å². The number of allylic oxidation sites excluding steroid dienone is 1. The number of aliphatic hydroxyl groups is 1. The van der Waals surface area contributed by atoms with Crippen LogP contribution < -0.4 is 0 Å². The van der Waals surface area contributed by atoms with Crippen LogP contribution in [0.2, 0.25) is 5.02 Å². The van der Waals surface area contributed by atoms with Crippen LogP contribution in [0.4, 0.5) is 5.69 Å². The van der Waals surface area contributed by atoms with E-state index >= 15 is 0 Å². The summed E-state index contributed by atoms with van der Waals surface area (Å²) in [5, 5.41) is 20.9. The van der Waals surface area contributed by atoms with Crippen molar-refractivity contribution >= 4 is 40.7 Å². The van der Waals surface area contributed by atoms with Crippen molar-refractivity contribution in [3.8, 4) is 0 Å². The van der Waals surface area contributed by atoms with E-state index in [1.54, 1.807) is 24.3 Å². The molecule has 2 aromatic rings. The number of methoxy groups -OCH3 is 1. The van der Waals surface area contributed by atoms with Crippen molar-refractivity contribution in [1.82, 2.24) is 0 Å². The van der Waals surface area contributed by atoms with Crippen molar-refractivity contribution in [3.63, 3.8) is 0 Å². The summed E-state index contributed by atoms with van der Waals surface area (Å²) >= 11 is 5.78. The van der Waals surface area contributed by atoms with Gasteiger partial charge in [-0.25, -0.2) is 9.79 Å². The van der Waals surface area contributed by atoms with Crippen LogP contribution in [0.3, 0.4) is 0 Å². The minimum Gasteiger partial charge on any atom is -0.512 e. The van der Waals surface area contributed by atoms with Gasteiger partial charge in [-0.1, -0.05) is 35.9 Å². The van der Waals surface area contributed by atoms with Gasteiger partial charge in [-0.05, 0) is 19.1 Å². The third kappa shape index (κ3) is 3.83. The Morgan fingerprint density at radius 1 is 1.20 bits per heavy atom. The number of carbonyl (C=O) groups excluding carboxylic acids is 2. The van der Waals surface area contributed by atoms with Crippen molar-refractivity contribution < 1.29 is 24.4 Å². The van der Waals surface area contributed by atoms with Crippen LogP contribution in [0.1, 0.15) is 28.4 Å². The topological polar surface area (TPSA) is 131 Å². The number of benzene rings is 2. The van der Waals surface area contributed by atoms with Gasteiger partial charge in [-0.3, -0.25) is 14.9 Å². The molecule has 1 aliphatic heterocycles. The van der Waals surface area contributed by atoms with Crippen molar-refractivity contribution in [3.05, 3.63) is 85.6 Å². The second-order valence-corrected chi connectivity index (χ2v) is 6.53. The molecule has 0 bridgehead atoms. The number of nitro groups is 1. The molecule has 0 radical (unpaired) electrons. The Kier molecular flexibility index (Phi) is 5.74. The van der Waals surface area contributed by atoms with Crippen molar-refractivity contribution in [2.45, 2.75) is 6.92 Å². The van der Waals surface area contributed by atoms with E-state index in [9.17, 15) is 24.8 Å². The Morgan fingerprint density at radius 3 is 2.47 bits per heavy atom. The highest BCUT2D eigenvalue weighted by Gasteiger charge is 2.30. The molecule has 2 aromatic carbocycles. The standard InChI is InChI=1S/C20H14ClN3O6/c1-10(25)16(20(27)30-2)17-12-5-3-4-6-13(12)18(22-17)23-19(26)11-7-8-14(21)15(9-11)24(28)29/h3-9,25H,1-2H3/b16-10+,23-18?. The monoisotopic (exact) mass is 427 g/mol. The number of carbonyl (C=O) groups is 2. The van der Waals surface area contributed by atoms with E-state index in [-0.39, 0.29) is 33.5 Å². The number of fused-ring (bicyclic) bond motifs is 1. The smallest absolute Gasteiger partial charge is 0.343 e. The van der Waals surface area contributed by atoms with Gasteiger partial charge in [0.2, 0.25) is 0 Å². The SMILES string of the molecule is COC(=O)/C(C1=NC(=NC(=O)c2ccc(Cl)c([N+](=O)[O-])c2)c2ccccc21)=C(\C)O. The van der Waals surface area contributed by atoms with E-state index < -0.39 is 22.5 Å². The number of aliphatic imine (C=N–C) groups is 2. The largest absolute Gasteiger partial charge is 0.512 e. The predicted molar refractivity (Wildman–Crippen MR) is 109 cm³/mol. The lowest BCUT2D eigenvalue weighted by molar-refractivity contribution is -0.384. The summed E-state index contributed by atoms with van der Waals surface area (Å²) < 4.78 is 4.71. The molecular weight excluding hydrogens is 414 g/mol. The van der Waals surface area contributed by atoms with Gasteiger partial charge in [0.15, 0.2) is 5.84 Å². The first-order valence-electron chi connectivity index (χ1n) is 8.48. The number of nitrogens with zero attached hydrogens (tertiary/aromatic N) is 3. The molecule has 1 heterocycles. The van der Waals surface area contributed by atoms with Crippen molar-refractivity contribution in [2.24, 2.45) is 9.98 Å². The normalized spacial score (nSPS) is 14.6. The van der Waals surface area contributed by atoms with Gasteiger partial charge in [-0.2, -0.15) is 4.99 Å². The van der Waals surface area contributed by atoms with E-state index in [4.69, 9.17) is 16.3 Å². The maximum Gasteiger partial charge on any atom is 0.343 e. The second kappa shape index (κ2) is 8.26. The summed E-state index contributed by atoms with van der Waals surface area (Å²) in [4.78, 5) is 43.3. The Balaban J connectivity index is 2.11. The number of amidine groups is 1. The summed E-state index contributed by atoms with van der Waals surface area (Å²) in [6, 6.07) is 10.3. The fourth-order valence-corrected chi connectivity index (χ4v) is 3.04. The highest BCUT2D eigenvalue weighted by Crippen LogP contribution is 2.27. The number of halogens is 1. The Morgan fingerprint density at radius 2 is 1.87 bits per heavy atom. The van der Waals surface area contributed by atoms with Crippen LogP contribution in [-0.2, 0) is 9.53 Å². The van der Waals surface area contributed by atoms with E-state index in [0.29, 0.717) is 11.1 Å². The predicted octanol–water partition coefficient (Wildman–Crippen LogP) is 3.64. The minimum atomic E-state index is -0.801. The number of esters is 1. The number of hydrogen-bond acceptors (Lipinski definition) is 6. The molecule has 0 unspecified atom stereocenters. The molecule has 152 valence electrons. The van der Waals surface area contributed by atoms with Crippen molar-refractivity contribution in [2.75, 3.05) is 7.11 Å². The van der Waals surface area contributed by atoms with Crippen LogP contribution in [0.5, 0.6) is 0 Å². The molecule has 0 spiro atoms. The van der Waals surface area contributed by atoms with Gasteiger partial charge in [-0.15, -0.1) is 0 Å². The number of amides is 1. The number of hydrogen-bond donors (Lipinski definition) is 1. The minimum absolute atomic E-state index is 0.00847. The molecule has 30 heavy (non-hydrogen) atoms. The van der Waals surface area contributed by atoms with Gasteiger partial charge in [0.05, 0.1) is 17.7 Å². The highest BCUT2D eigenvalue weighted by molar-refractivity contribution is 6.36. The lowest BCUT2D eigenvalue weighted by atomic mass is 9.99. The fraction of sp³-hybridized carbons (Fsp3) is 0.100. The van der Waals surface area contributed by atoms with Crippen LogP contribution in [0, 0.1) is 10.1 Å². The number of nitro benzene ring substituents is 1. The summed E-state index contributed by atoms with van der Waals surface area (Å²) in [5.41, 5.74) is 0.384. The average molecular weight is 428 g/mol. The van der Waals surface area contributed by atoms with E-state index in [1.165, 1.54) is 26.2 Å². The summed E-state index contributed by atoms with van der Waals surface area (Å²) in [5.74, 6) is -1.90. The number of aliphatic hydroxyl groups excluding tert-OH is 1. The maximum atomic E-state index is 12.6. The highest BCUT2D eigenvalue weighted by atomic mass is 35.5. The Hall–Kier alpha value is -3.85. The quantitative estimate of drug-likeness (QED) is 0.260. The first-order valence-corrected chi connectivity index (χ1v) is 8.86. The molecule has 10 heteroatoms. The molecule has 1 amide bonds. The number of ether oxygens (including phenoxy) is 1. The first kappa shape index (κ1) is 20.9. The average Bonchev–Trinajstić information content (AvgIpc) is 3.06. The molecule has 1 N–H and O–H groups in total. The molecule has 0 atom stereocenters. The zero-order chi connectivity index (χ0) is 22.0. The van der Waals surface area contributed by atoms with Gasteiger partial charge in [0.1, 0.15) is 16.4 Å². The maximum absolute atomic E-state index is 12.6. The third-order valence-electron chi connectivity index (χ3n) is 4.23. The zero-order valence-electron chi connectivity index (χ0n) is 15.7. The van der Waals surface area contributed by atoms with E-state index in [1.807, 2.05) is 0 Å². The van der Waals surface area contributed by atoms with Gasteiger partial charge < -0.3 is 9.84 Å². The number of rotatable bonds is 4. The molecule has 0 saturated heterocycles. The van der Waals surface area contributed by atoms with E-state index in [2.05, 4.69) is 9.98 Å². The van der Waals surface area contributed by atoms with E-state index in [0.717, 1.165) is 6.07 Å². The van der Waals surface area contributed by atoms with Crippen LogP contribution >= 0.6 is 11.6 Å².